The van der Waals surface area contributed by atoms with Gasteiger partial charge in [0.05, 0.1) is 21.7 Å². The summed E-state index contributed by atoms with van der Waals surface area (Å²) in [6.45, 7) is 0. The largest absolute Gasteiger partial charge is 0.358 e. The molecule has 1 amide bonds. The maximum absolute atomic E-state index is 13.0. The molecule has 7 heteroatoms. The minimum atomic E-state index is -0.224. The van der Waals surface area contributed by atoms with Gasteiger partial charge < -0.3 is 5.32 Å². The fourth-order valence-electron chi connectivity index (χ4n) is 4.72. The molecule has 2 saturated carbocycles. The second-order valence-corrected chi connectivity index (χ2v) is 9.24. The topological polar surface area (TPSA) is 66.1 Å². The van der Waals surface area contributed by atoms with Crippen LogP contribution in [0.15, 0.2) is 47.8 Å². The van der Waals surface area contributed by atoms with Crippen molar-refractivity contribution in [1.82, 2.24) is 21.2 Å². The summed E-state index contributed by atoms with van der Waals surface area (Å²) in [4.78, 5) is 18.7. The number of carbonyl (C=O) groups is 1. The smallest absolute Gasteiger partial charge is 0.270 e. The van der Waals surface area contributed by atoms with E-state index in [1.54, 1.807) is 11.3 Å². The molecule has 0 saturated heterocycles. The van der Waals surface area contributed by atoms with Crippen molar-refractivity contribution in [3.8, 4) is 10.6 Å². The van der Waals surface area contributed by atoms with Gasteiger partial charge in [0, 0.05) is 11.4 Å². The van der Waals surface area contributed by atoms with Gasteiger partial charge in [0.1, 0.15) is 0 Å². The molecule has 5 nitrogen and oxygen atoms in total. The first-order valence-corrected chi connectivity index (χ1v) is 11.3. The molecular formula is C22H22N4OS2. The fraction of sp³-hybridized carbons (Fsp3) is 0.318. The van der Waals surface area contributed by atoms with E-state index in [9.17, 15) is 4.79 Å². The number of hydrogen-bond acceptors (Lipinski definition) is 4. The summed E-state index contributed by atoms with van der Waals surface area (Å²) in [7, 11) is 0. The Kier molecular flexibility index (Phi) is 4.93. The van der Waals surface area contributed by atoms with Crippen LogP contribution in [-0.4, -0.2) is 22.0 Å². The molecule has 2 fully saturated rings. The zero-order valence-corrected chi connectivity index (χ0v) is 17.5. The lowest BCUT2D eigenvalue weighted by molar-refractivity contribution is 0.0945. The van der Waals surface area contributed by atoms with E-state index in [1.807, 2.05) is 47.8 Å². The van der Waals surface area contributed by atoms with Crippen molar-refractivity contribution in [2.75, 3.05) is 0 Å². The minimum absolute atomic E-state index is 0.224. The van der Waals surface area contributed by atoms with Crippen LogP contribution in [0.3, 0.4) is 0 Å². The maximum atomic E-state index is 13.0. The van der Waals surface area contributed by atoms with Crippen molar-refractivity contribution >= 4 is 45.5 Å². The summed E-state index contributed by atoms with van der Waals surface area (Å²) in [6, 6.07) is 14.0. The van der Waals surface area contributed by atoms with Crippen molar-refractivity contribution in [2.24, 2.45) is 11.8 Å². The SMILES string of the molecule is O=C(NNC(=S)N[C@@H]1C[C@H]2CC[C@@H]1C2)c1cc(-c2cccs2)nc2ccccc12. The van der Waals surface area contributed by atoms with Gasteiger partial charge in [-0.15, -0.1) is 11.3 Å². The Hall–Kier alpha value is -2.51. The number of hydrogen-bond donors (Lipinski definition) is 3. The lowest BCUT2D eigenvalue weighted by Crippen LogP contribution is -2.50. The molecule has 29 heavy (non-hydrogen) atoms. The van der Waals surface area contributed by atoms with Gasteiger partial charge in [-0.1, -0.05) is 30.7 Å². The molecule has 3 aromatic rings. The predicted octanol–water partition coefficient (Wildman–Crippen LogP) is 4.26. The lowest BCUT2D eigenvalue weighted by Gasteiger charge is -2.24. The molecule has 3 N–H and O–H groups in total. The van der Waals surface area contributed by atoms with Crippen LogP contribution in [0.1, 0.15) is 36.0 Å². The molecule has 2 aliphatic rings. The van der Waals surface area contributed by atoms with Crippen molar-refractivity contribution in [2.45, 2.75) is 31.7 Å². The summed E-state index contributed by atoms with van der Waals surface area (Å²) in [6.07, 6.45) is 5.12. The van der Waals surface area contributed by atoms with Crippen LogP contribution in [0.25, 0.3) is 21.5 Å². The van der Waals surface area contributed by atoms with E-state index < -0.39 is 0 Å². The van der Waals surface area contributed by atoms with Crippen LogP contribution >= 0.6 is 23.6 Å². The Balaban J connectivity index is 1.32. The Labute approximate surface area is 178 Å². The number of para-hydroxylation sites is 1. The van der Waals surface area contributed by atoms with Crippen LogP contribution in [0.5, 0.6) is 0 Å². The first-order valence-electron chi connectivity index (χ1n) is 9.98. The lowest BCUT2D eigenvalue weighted by atomic mass is 9.96. The molecule has 1 aromatic carbocycles. The third-order valence-electron chi connectivity index (χ3n) is 6.08. The van der Waals surface area contributed by atoms with Gasteiger partial charge in [0.25, 0.3) is 5.91 Å². The highest BCUT2D eigenvalue weighted by molar-refractivity contribution is 7.80. The van der Waals surface area contributed by atoms with E-state index in [0.717, 1.165) is 27.4 Å². The highest BCUT2D eigenvalue weighted by atomic mass is 32.1. The average Bonchev–Trinajstić information content (AvgIpc) is 3.49. The molecule has 0 radical (unpaired) electrons. The fourth-order valence-corrected chi connectivity index (χ4v) is 5.61. The quantitative estimate of drug-likeness (QED) is 0.435. The highest BCUT2D eigenvalue weighted by Gasteiger charge is 2.39. The first-order chi connectivity index (χ1) is 14.2. The first kappa shape index (κ1) is 18.5. The maximum Gasteiger partial charge on any atom is 0.270 e. The molecule has 2 bridgehead atoms. The van der Waals surface area contributed by atoms with Gasteiger partial charge in [-0.25, -0.2) is 4.98 Å². The number of aromatic nitrogens is 1. The number of nitrogens with zero attached hydrogens (tertiary/aromatic N) is 1. The number of nitrogens with one attached hydrogen (secondary N) is 3. The molecule has 0 aliphatic heterocycles. The number of thiocarbonyl (C=S) groups is 1. The molecule has 0 unspecified atom stereocenters. The Morgan fingerprint density at radius 3 is 2.76 bits per heavy atom. The zero-order chi connectivity index (χ0) is 19.8. The summed E-state index contributed by atoms with van der Waals surface area (Å²) < 4.78 is 0. The van der Waals surface area contributed by atoms with Gasteiger partial charge in [0.15, 0.2) is 5.11 Å². The molecule has 148 valence electrons. The molecule has 0 spiro atoms. The van der Waals surface area contributed by atoms with E-state index in [1.165, 1.54) is 25.7 Å². The molecule has 2 aliphatic carbocycles. The average molecular weight is 423 g/mol. The van der Waals surface area contributed by atoms with Crippen molar-refractivity contribution in [1.29, 1.82) is 0 Å². The Bertz CT molecular complexity index is 1070. The number of pyridine rings is 1. The van der Waals surface area contributed by atoms with E-state index in [2.05, 4.69) is 16.2 Å². The summed E-state index contributed by atoms with van der Waals surface area (Å²) in [5.41, 5.74) is 7.83. The van der Waals surface area contributed by atoms with Gasteiger partial charge in [-0.05, 0) is 66.9 Å². The normalized spacial score (nSPS) is 22.6. The molecule has 5 rings (SSSR count). The van der Waals surface area contributed by atoms with Crippen LogP contribution in [-0.2, 0) is 0 Å². The third-order valence-corrected chi connectivity index (χ3v) is 7.19. The van der Waals surface area contributed by atoms with Crippen LogP contribution < -0.4 is 16.2 Å². The summed E-state index contributed by atoms with van der Waals surface area (Å²) in [5.74, 6) is 1.33. The number of benzene rings is 1. The van der Waals surface area contributed by atoms with Crippen LogP contribution in [0.4, 0.5) is 0 Å². The predicted molar refractivity (Wildman–Crippen MR) is 121 cm³/mol. The number of rotatable bonds is 3. The standard InChI is InChI=1S/C22H22N4OS2/c27-21(25-26-22(28)24-18-11-13-7-8-14(18)10-13)16-12-19(20-6-3-9-29-20)23-17-5-2-1-4-15(16)17/h1-6,9,12-14,18H,7-8,10-11H2,(H,25,27)(H2,24,26,28)/t13-,14+,18+/m0/s1. The van der Waals surface area contributed by atoms with Crippen molar-refractivity contribution in [3.05, 3.63) is 53.4 Å². The highest BCUT2D eigenvalue weighted by Crippen LogP contribution is 2.44. The van der Waals surface area contributed by atoms with E-state index in [0.29, 0.717) is 22.6 Å². The van der Waals surface area contributed by atoms with Gasteiger partial charge >= 0.3 is 0 Å². The second-order valence-electron chi connectivity index (χ2n) is 7.88. The van der Waals surface area contributed by atoms with Gasteiger partial charge in [0.2, 0.25) is 0 Å². The molecular weight excluding hydrogens is 400 g/mol. The Morgan fingerprint density at radius 2 is 2.00 bits per heavy atom. The molecule has 2 heterocycles. The van der Waals surface area contributed by atoms with E-state index in [-0.39, 0.29) is 5.91 Å². The Morgan fingerprint density at radius 1 is 1.10 bits per heavy atom. The van der Waals surface area contributed by atoms with Crippen LogP contribution in [0.2, 0.25) is 0 Å². The van der Waals surface area contributed by atoms with Gasteiger partial charge in [-0.2, -0.15) is 0 Å². The van der Waals surface area contributed by atoms with E-state index in [4.69, 9.17) is 17.2 Å². The van der Waals surface area contributed by atoms with Crippen LogP contribution in [0, 0.1) is 11.8 Å². The van der Waals surface area contributed by atoms with Gasteiger partial charge in [-0.3, -0.25) is 15.6 Å². The van der Waals surface area contributed by atoms with E-state index >= 15 is 0 Å². The minimum Gasteiger partial charge on any atom is -0.358 e. The zero-order valence-electron chi connectivity index (χ0n) is 15.9. The molecule has 3 atom stereocenters. The van der Waals surface area contributed by atoms with Crippen molar-refractivity contribution < 1.29 is 4.79 Å². The number of hydrazine groups is 1. The number of fused-ring (bicyclic) bond motifs is 3. The van der Waals surface area contributed by atoms with Crippen molar-refractivity contribution in [3.63, 3.8) is 0 Å². The third kappa shape index (κ3) is 3.72. The number of carbonyl (C=O) groups excluding carboxylic acids is 1. The molecule has 2 aromatic heterocycles. The number of thiophene rings is 1. The summed E-state index contributed by atoms with van der Waals surface area (Å²) >= 11 is 7.02. The number of amides is 1. The second kappa shape index (κ2) is 7.72. The summed E-state index contributed by atoms with van der Waals surface area (Å²) in [5, 5.41) is 6.69. The monoisotopic (exact) mass is 422 g/mol.